The Balaban J connectivity index is 2.17. The molecule has 132 valence electrons. The van der Waals surface area contributed by atoms with Gasteiger partial charge in [0.05, 0.1) is 20.3 Å². The molecule has 1 heterocycles. The van der Waals surface area contributed by atoms with Gasteiger partial charge in [0.2, 0.25) is 0 Å². The first-order chi connectivity index (χ1) is 12.6. The summed E-state index contributed by atoms with van der Waals surface area (Å²) in [5.41, 5.74) is -0.267. The zero-order valence-corrected chi connectivity index (χ0v) is 14.4. The van der Waals surface area contributed by atoms with Gasteiger partial charge in [0, 0.05) is 0 Å². The summed E-state index contributed by atoms with van der Waals surface area (Å²) in [4.78, 5) is 26.5. The molecule has 3 amide bonds. The van der Waals surface area contributed by atoms with E-state index in [1.54, 1.807) is 62.8 Å². The molecule has 0 aromatic heterocycles. The maximum Gasteiger partial charge on any atom is 0.326 e. The highest BCUT2D eigenvalue weighted by molar-refractivity contribution is 6.09. The van der Waals surface area contributed by atoms with Crippen LogP contribution in [0.5, 0.6) is 11.5 Å². The van der Waals surface area contributed by atoms with Gasteiger partial charge in [0.1, 0.15) is 18.0 Å². The lowest BCUT2D eigenvalue weighted by molar-refractivity contribution is -0.129. The molecule has 7 nitrogen and oxygen atoms in total. The number of benzene rings is 2. The Morgan fingerprint density at radius 2 is 1.42 bits per heavy atom. The minimum atomic E-state index is -1.41. The van der Waals surface area contributed by atoms with Crippen LogP contribution in [0.15, 0.2) is 48.5 Å². The van der Waals surface area contributed by atoms with Gasteiger partial charge in [-0.05, 0) is 35.4 Å². The molecule has 3 rings (SSSR count). The predicted octanol–water partition coefficient (Wildman–Crippen LogP) is 2.02. The van der Waals surface area contributed by atoms with Gasteiger partial charge in [0.25, 0.3) is 5.91 Å². The normalized spacial score (nSPS) is 15.3. The van der Waals surface area contributed by atoms with Crippen molar-refractivity contribution >= 4 is 11.9 Å². The van der Waals surface area contributed by atoms with Crippen LogP contribution < -0.4 is 14.8 Å². The minimum Gasteiger partial charge on any atom is -0.497 e. The van der Waals surface area contributed by atoms with Crippen molar-refractivity contribution in [1.82, 2.24) is 10.2 Å². The molecule has 0 saturated carbocycles. The first-order valence-corrected chi connectivity index (χ1v) is 7.87. The highest BCUT2D eigenvalue weighted by Gasteiger charge is 2.53. The second-order valence-corrected chi connectivity index (χ2v) is 5.69. The fraction of sp³-hybridized carbons (Fsp3) is 0.211. The van der Waals surface area contributed by atoms with Gasteiger partial charge in [-0.2, -0.15) is 5.26 Å². The van der Waals surface area contributed by atoms with Gasteiger partial charge in [-0.15, -0.1) is 0 Å². The van der Waals surface area contributed by atoms with E-state index >= 15 is 0 Å². The molecule has 1 N–H and O–H groups in total. The van der Waals surface area contributed by atoms with E-state index < -0.39 is 17.5 Å². The van der Waals surface area contributed by atoms with Crippen LogP contribution in [-0.2, 0) is 10.3 Å². The van der Waals surface area contributed by atoms with E-state index in [1.165, 1.54) is 0 Å². The topological polar surface area (TPSA) is 91.7 Å². The Kier molecular flexibility index (Phi) is 4.50. The summed E-state index contributed by atoms with van der Waals surface area (Å²) >= 11 is 0. The number of nitrogens with one attached hydrogen (secondary N) is 1. The summed E-state index contributed by atoms with van der Waals surface area (Å²) in [5, 5.41) is 11.7. The summed E-state index contributed by atoms with van der Waals surface area (Å²) in [7, 11) is 3.09. The second kappa shape index (κ2) is 6.76. The minimum absolute atomic E-state index is 0.321. The lowest BCUT2D eigenvalue weighted by Crippen LogP contribution is -2.45. The lowest BCUT2D eigenvalue weighted by Gasteiger charge is -2.28. The van der Waals surface area contributed by atoms with E-state index in [9.17, 15) is 9.59 Å². The number of rotatable bonds is 5. The first-order valence-electron chi connectivity index (χ1n) is 7.87. The number of hydrogen-bond donors (Lipinski definition) is 1. The predicted molar refractivity (Wildman–Crippen MR) is 92.6 cm³/mol. The standard InChI is InChI=1S/C19H17N3O4/c1-25-15-7-3-13(4-8-15)19(14-5-9-16(26-2)10-6-14)17(23)22(12-11-20)18(24)21-19/h3-10H,12H2,1-2H3,(H,21,24). The second-order valence-electron chi connectivity index (χ2n) is 5.69. The van der Waals surface area contributed by atoms with Gasteiger partial charge in [-0.25, -0.2) is 9.69 Å². The molecule has 1 fully saturated rings. The molecular formula is C19H17N3O4. The molecule has 0 unspecified atom stereocenters. The van der Waals surface area contributed by atoms with Crippen LogP contribution in [0.1, 0.15) is 11.1 Å². The Morgan fingerprint density at radius 3 is 1.81 bits per heavy atom. The lowest BCUT2D eigenvalue weighted by atomic mass is 9.82. The van der Waals surface area contributed by atoms with Crippen LogP contribution >= 0.6 is 0 Å². The van der Waals surface area contributed by atoms with Crippen molar-refractivity contribution in [2.45, 2.75) is 5.54 Å². The molecule has 7 heteroatoms. The number of nitriles is 1. The van der Waals surface area contributed by atoms with Crippen LogP contribution in [0.2, 0.25) is 0 Å². The summed E-state index contributed by atoms with van der Waals surface area (Å²) in [6.45, 7) is -0.321. The summed E-state index contributed by atoms with van der Waals surface area (Å²) < 4.78 is 10.3. The first kappa shape index (κ1) is 17.3. The summed E-state index contributed by atoms with van der Waals surface area (Å²) in [6.07, 6.45) is 0. The number of carbonyl (C=O) groups excluding carboxylic acids is 2. The highest BCUT2D eigenvalue weighted by Crippen LogP contribution is 2.37. The third-order valence-electron chi connectivity index (χ3n) is 4.38. The number of carbonyl (C=O) groups is 2. The maximum absolute atomic E-state index is 13.2. The van der Waals surface area contributed by atoms with Crippen LogP contribution in [0, 0.1) is 11.3 Å². The highest BCUT2D eigenvalue weighted by atomic mass is 16.5. The van der Waals surface area contributed by atoms with Gasteiger partial charge in [-0.3, -0.25) is 4.79 Å². The Hall–Kier alpha value is -3.53. The van der Waals surface area contributed by atoms with Crippen LogP contribution in [0.4, 0.5) is 4.79 Å². The molecule has 0 radical (unpaired) electrons. The molecule has 0 atom stereocenters. The number of hydrogen-bond acceptors (Lipinski definition) is 5. The number of amides is 3. The van der Waals surface area contributed by atoms with Crippen LogP contribution in [0.25, 0.3) is 0 Å². The zero-order valence-electron chi connectivity index (χ0n) is 14.4. The molecular weight excluding hydrogens is 334 g/mol. The number of nitrogens with zero attached hydrogens (tertiary/aromatic N) is 2. The quantitative estimate of drug-likeness (QED) is 0.657. The van der Waals surface area contributed by atoms with Crippen LogP contribution in [0.3, 0.4) is 0 Å². The molecule has 2 aromatic carbocycles. The van der Waals surface area contributed by atoms with Gasteiger partial charge in [-0.1, -0.05) is 24.3 Å². The average molecular weight is 351 g/mol. The van der Waals surface area contributed by atoms with E-state index in [0.717, 1.165) is 4.90 Å². The Labute approximate surface area is 150 Å². The van der Waals surface area contributed by atoms with Gasteiger partial charge >= 0.3 is 6.03 Å². The molecule has 2 aromatic rings. The fourth-order valence-corrected chi connectivity index (χ4v) is 3.03. The Morgan fingerprint density at radius 1 is 0.962 bits per heavy atom. The molecule has 1 saturated heterocycles. The smallest absolute Gasteiger partial charge is 0.326 e. The maximum atomic E-state index is 13.2. The van der Waals surface area contributed by atoms with Gasteiger partial charge in [0.15, 0.2) is 5.54 Å². The van der Waals surface area contributed by atoms with E-state index in [1.807, 2.05) is 6.07 Å². The molecule has 1 aliphatic heterocycles. The van der Waals surface area contributed by atoms with Crippen molar-refractivity contribution in [2.24, 2.45) is 0 Å². The van der Waals surface area contributed by atoms with E-state index in [2.05, 4.69) is 5.32 Å². The largest absolute Gasteiger partial charge is 0.497 e. The van der Waals surface area contributed by atoms with Crippen molar-refractivity contribution in [2.75, 3.05) is 20.8 Å². The van der Waals surface area contributed by atoms with Gasteiger partial charge < -0.3 is 14.8 Å². The summed E-state index contributed by atoms with van der Waals surface area (Å²) in [5.74, 6) is 0.757. The number of methoxy groups -OCH3 is 2. The molecule has 26 heavy (non-hydrogen) atoms. The third-order valence-corrected chi connectivity index (χ3v) is 4.38. The zero-order chi connectivity index (χ0) is 18.7. The molecule has 0 spiro atoms. The molecule has 1 aliphatic rings. The SMILES string of the molecule is COc1ccc(C2(c3ccc(OC)cc3)NC(=O)N(CC#N)C2=O)cc1. The molecule has 0 aliphatic carbocycles. The number of urea groups is 1. The molecule has 0 bridgehead atoms. The average Bonchev–Trinajstić information content (AvgIpc) is 2.94. The van der Waals surface area contributed by atoms with E-state index in [0.29, 0.717) is 22.6 Å². The number of imide groups is 1. The monoisotopic (exact) mass is 351 g/mol. The van der Waals surface area contributed by atoms with E-state index in [-0.39, 0.29) is 6.54 Å². The van der Waals surface area contributed by atoms with Crippen molar-refractivity contribution in [1.29, 1.82) is 5.26 Å². The van der Waals surface area contributed by atoms with E-state index in [4.69, 9.17) is 14.7 Å². The number of ether oxygens (including phenoxy) is 2. The van der Waals surface area contributed by atoms with Crippen molar-refractivity contribution in [3.05, 3.63) is 59.7 Å². The van der Waals surface area contributed by atoms with Crippen LogP contribution in [-0.4, -0.2) is 37.6 Å². The summed E-state index contributed by atoms with van der Waals surface area (Å²) in [6, 6.07) is 15.0. The fourth-order valence-electron chi connectivity index (χ4n) is 3.03. The Bertz CT molecular complexity index is 822. The van der Waals surface area contributed by atoms with Crippen molar-refractivity contribution in [3.8, 4) is 17.6 Å². The third kappa shape index (κ3) is 2.62. The van der Waals surface area contributed by atoms with Crippen molar-refractivity contribution in [3.63, 3.8) is 0 Å². The van der Waals surface area contributed by atoms with Crippen molar-refractivity contribution < 1.29 is 19.1 Å².